The van der Waals surface area contributed by atoms with Gasteiger partial charge in [0.2, 0.25) is 11.8 Å². The fourth-order valence-corrected chi connectivity index (χ4v) is 5.70. The minimum atomic E-state index is -1.11. The highest BCUT2D eigenvalue weighted by atomic mass is 35.5. The van der Waals surface area contributed by atoms with E-state index in [1.54, 1.807) is 17.0 Å². The predicted octanol–water partition coefficient (Wildman–Crippen LogP) is 4.62. The van der Waals surface area contributed by atoms with Crippen molar-refractivity contribution in [2.45, 2.75) is 97.4 Å². The normalized spacial score (nSPS) is 26.1. The van der Waals surface area contributed by atoms with Gasteiger partial charge in [-0.05, 0) is 70.1 Å². The number of alkyl carbamates (subject to hydrolysis) is 1. The summed E-state index contributed by atoms with van der Waals surface area (Å²) in [4.78, 5) is 40.7. The summed E-state index contributed by atoms with van der Waals surface area (Å²) in [6, 6.07) is 6.41. The van der Waals surface area contributed by atoms with Crippen LogP contribution in [0.2, 0.25) is 5.02 Å². The van der Waals surface area contributed by atoms with Crippen LogP contribution in [-0.2, 0) is 19.9 Å². The van der Waals surface area contributed by atoms with Crippen LogP contribution >= 0.6 is 11.6 Å². The number of hydrogen-bond donors (Lipinski definition) is 3. The Morgan fingerprint density at radius 2 is 1.76 bits per heavy atom. The maximum absolute atomic E-state index is 13.7. The first-order chi connectivity index (χ1) is 17.5. The second-order valence-electron chi connectivity index (χ2n) is 12.8. The number of nitrogens with zero attached hydrogens (tertiary/aromatic N) is 1. The number of halogens is 1. The van der Waals surface area contributed by atoms with Gasteiger partial charge in [0.25, 0.3) is 0 Å². The smallest absolute Gasteiger partial charge is 0.407 e. The fraction of sp³-hybridized carbons (Fsp3) is 0.690. The van der Waals surface area contributed by atoms with Crippen LogP contribution in [0.15, 0.2) is 24.3 Å². The van der Waals surface area contributed by atoms with Crippen LogP contribution in [0, 0.1) is 17.3 Å². The Morgan fingerprint density at radius 1 is 1.13 bits per heavy atom. The van der Waals surface area contributed by atoms with Crippen LogP contribution in [0.25, 0.3) is 0 Å². The van der Waals surface area contributed by atoms with Crippen LogP contribution < -0.4 is 10.6 Å². The summed E-state index contributed by atoms with van der Waals surface area (Å²) in [5, 5.41) is 18.1. The zero-order valence-corrected chi connectivity index (χ0v) is 24.5. The van der Waals surface area contributed by atoms with Gasteiger partial charge in [-0.2, -0.15) is 0 Å². The van der Waals surface area contributed by atoms with E-state index in [1.807, 2.05) is 60.6 Å². The van der Waals surface area contributed by atoms with Gasteiger partial charge in [0, 0.05) is 35.5 Å². The molecule has 1 saturated carbocycles. The summed E-state index contributed by atoms with van der Waals surface area (Å²) < 4.78 is 5.33. The van der Waals surface area contributed by atoms with E-state index < -0.39 is 28.8 Å². The van der Waals surface area contributed by atoms with E-state index in [0.717, 1.165) is 5.56 Å². The molecule has 2 fully saturated rings. The number of nitrogens with one attached hydrogen (secondary N) is 2. The number of aliphatic hydroxyl groups is 1. The molecule has 0 aromatic heterocycles. The number of piperidine rings is 1. The van der Waals surface area contributed by atoms with E-state index in [9.17, 15) is 19.5 Å². The molecule has 9 heteroatoms. The Morgan fingerprint density at radius 3 is 2.32 bits per heavy atom. The second-order valence-corrected chi connectivity index (χ2v) is 13.3. The molecule has 1 aliphatic carbocycles. The Labute approximate surface area is 231 Å². The first-order valence-corrected chi connectivity index (χ1v) is 14.0. The van der Waals surface area contributed by atoms with E-state index in [1.165, 1.54) is 0 Å². The van der Waals surface area contributed by atoms with Gasteiger partial charge >= 0.3 is 6.09 Å². The Bertz CT molecular complexity index is 1020. The lowest BCUT2D eigenvalue weighted by Gasteiger charge is -2.51. The Kier molecular flexibility index (Phi) is 9.09. The van der Waals surface area contributed by atoms with E-state index in [4.69, 9.17) is 16.3 Å². The van der Waals surface area contributed by atoms with Crippen molar-refractivity contribution in [1.29, 1.82) is 0 Å². The number of carbonyl (C=O) groups is 3. The summed E-state index contributed by atoms with van der Waals surface area (Å²) in [5.74, 6) is -0.694. The van der Waals surface area contributed by atoms with Crippen molar-refractivity contribution in [3.05, 3.63) is 34.9 Å². The molecule has 1 aromatic carbocycles. The maximum atomic E-state index is 13.7. The molecule has 1 heterocycles. The molecule has 3 rings (SSSR count). The lowest BCUT2D eigenvalue weighted by molar-refractivity contribution is -0.157. The van der Waals surface area contributed by atoms with Crippen LogP contribution in [0.3, 0.4) is 0 Å². The molecular formula is C29H44ClN3O5. The number of rotatable bonds is 6. The average molecular weight is 550 g/mol. The SMILES string of the molecule is CC(C)[C@@H](NC(=O)[C@H]1CC[C@H](NC(=O)OC(C)(C)C)C1)C(=O)N1CC[C@](O)(c2ccc(Cl)cc2)C(C)(C)C1. The van der Waals surface area contributed by atoms with Crippen molar-refractivity contribution in [1.82, 2.24) is 15.5 Å². The molecule has 0 bridgehead atoms. The van der Waals surface area contributed by atoms with E-state index in [2.05, 4.69) is 10.6 Å². The highest BCUT2D eigenvalue weighted by Gasteiger charge is 2.50. The fourth-order valence-electron chi connectivity index (χ4n) is 5.58. The first kappa shape index (κ1) is 30.2. The number of ether oxygens (including phenoxy) is 1. The third kappa shape index (κ3) is 7.00. The Balaban J connectivity index is 1.62. The molecule has 1 aromatic rings. The van der Waals surface area contributed by atoms with Crippen LogP contribution in [-0.4, -0.2) is 58.7 Å². The number of amides is 3. The van der Waals surface area contributed by atoms with E-state index in [0.29, 0.717) is 43.8 Å². The molecule has 1 aliphatic heterocycles. The second kappa shape index (κ2) is 11.4. The molecule has 0 spiro atoms. The van der Waals surface area contributed by atoms with Crippen molar-refractivity contribution in [3.63, 3.8) is 0 Å². The van der Waals surface area contributed by atoms with Gasteiger partial charge < -0.3 is 25.4 Å². The molecule has 4 atom stereocenters. The zero-order valence-electron chi connectivity index (χ0n) is 23.8. The van der Waals surface area contributed by atoms with Gasteiger partial charge in [-0.25, -0.2) is 4.79 Å². The van der Waals surface area contributed by atoms with Crippen LogP contribution in [0.1, 0.15) is 79.7 Å². The topological polar surface area (TPSA) is 108 Å². The van der Waals surface area contributed by atoms with Crippen molar-refractivity contribution >= 4 is 29.5 Å². The van der Waals surface area contributed by atoms with Crippen molar-refractivity contribution in [3.8, 4) is 0 Å². The van der Waals surface area contributed by atoms with Gasteiger partial charge in [-0.1, -0.05) is 51.4 Å². The van der Waals surface area contributed by atoms with Gasteiger partial charge in [0.05, 0.1) is 5.60 Å². The molecule has 3 N–H and O–H groups in total. The van der Waals surface area contributed by atoms with E-state index in [-0.39, 0.29) is 29.7 Å². The third-order valence-corrected chi connectivity index (χ3v) is 8.09. The summed E-state index contributed by atoms with van der Waals surface area (Å²) in [5.41, 5.74) is -1.53. The largest absolute Gasteiger partial charge is 0.444 e. The third-order valence-electron chi connectivity index (χ3n) is 7.84. The van der Waals surface area contributed by atoms with Gasteiger partial charge in [0.15, 0.2) is 0 Å². The standard InChI is InChI=1S/C29H44ClN3O5/c1-18(2)23(32-24(34)19-8-13-22(16-19)31-26(36)38-27(3,4)5)25(35)33-15-14-29(37,28(6,7)17-33)20-9-11-21(30)12-10-20/h9-12,18-19,22-23,37H,8,13-17H2,1-7H3,(H,31,36)(H,32,34)/t19-,22-,23+,29-/m0/s1. The number of likely N-dealkylation sites (tertiary alicyclic amines) is 1. The maximum Gasteiger partial charge on any atom is 0.407 e. The quantitative estimate of drug-likeness (QED) is 0.480. The number of carbonyl (C=O) groups excluding carboxylic acids is 3. The summed E-state index contributed by atoms with van der Waals surface area (Å²) in [6.45, 7) is 13.9. The Hall–Kier alpha value is -2.32. The monoisotopic (exact) mass is 549 g/mol. The molecule has 8 nitrogen and oxygen atoms in total. The molecule has 38 heavy (non-hydrogen) atoms. The van der Waals surface area contributed by atoms with Crippen molar-refractivity contribution < 1.29 is 24.2 Å². The molecule has 0 unspecified atom stereocenters. The summed E-state index contributed by atoms with van der Waals surface area (Å²) >= 11 is 6.04. The molecule has 1 saturated heterocycles. The summed E-state index contributed by atoms with van der Waals surface area (Å²) in [7, 11) is 0. The molecule has 0 radical (unpaired) electrons. The highest BCUT2D eigenvalue weighted by molar-refractivity contribution is 6.30. The predicted molar refractivity (Wildman–Crippen MR) is 148 cm³/mol. The minimum Gasteiger partial charge on any atom is -0.444 e. The molecule has 2 aliphatic rings. The van der Waals surface area contributed by atoms with Crippen LogP contribution in [0.4, 0.5) is 4.79 Å². The van der Waals surface area contributed by atoms with Crippen LogP contribution in [0.5, 0.6) is 0 Å². The molecule has 3 amide bonds. The van der Waals surface area contributed by atoms with Gasteiger partial charge in [-0.3, -0.25) is 9.59 Å². The number of benzene rings is 1. The first-order valence-electron chi connectivity index (χ1n) is 13.6. The zero-order chi connectivity index (χ0) is 28.5. The summed E-state index contributed by atoms with van der Waals surface area (Å²) in [6.07, 6.45) is 1.73. The van der Waals surface area contributed by atoms with Crippen molar-refractivity contribution in [2.75, 3.05) is 13.1 Å². The van der Waals surface area contributed by atoms with E-state index >= 15 is 0 Å². The van der Waals surface area contributed by atoms with Gasteiger partial charge in [0.1, 0.15) is 11.6 Å². The lowest BCUT2D eigenvalue weighted by Crippen LogP contribution is -2.60. The molecule has 212 valence electrons. The average Bonchev–Trinajstić information content (AvgIpc) is 3.26. The van der Waals surface area contributed by atoms with Crippen molar-refractivity contribution in [2.24, 2.45) is 17.3 Å². The number of hydrogen-bond acceptors (Lipinski definition) is 5. The molecular weight excluding hydrogens is 506 g/mol. The lowest BCUT2D eigenvalue weighted by atomic mass is 9.66. The van der Waals surface area contributed by atoms with Gasteiger partial charge in [-0.15, -0.1) is 0 Å². The minimum absolute atomic E-state index is 0.108. The highest BCUT2D eigenvalue weighted by Crippen LogP contribution is 2.46.